The minimum absolute atomic E-state index is 0.195. The number of halogens is 1. The molecule has 0 aliphatic carbocycles. The lowest BCUT2D eigenvalue weighted by atomic mass is 10.1. The van der Waals surface area contributed by atoms with Gasteiger partial charge in [-0.05, 0) is 55.8 Å². The maximum Gasteiger partial charge on any atom is 0.261 e. The third kappa shape index (κ3) is 5.05. The Hall–Kier alpha value is -2.40. The molecule has 0 saturated carbocycles. The zero-order valence-corrected chi connectivity index (χ0v) is 16.2. The molecule has 2 aromatic carbocycles. The molecule has 140 valence electrons. The summed E-state index contributed by atoms with van der Waals surface area (Å²) in [7, 11) is 3.19. The van der Waals surface area contributed by atoms with Crippen molar-refractivity contribution in [1.82, 2.24) is 5.32 Å². The van der Waals surface area contributed by atoms with Gasteiger partial charge in [0.05, 0.1) is 20.3 Å². The Labute approximate surface area is 159 Å². The van der Waals surface area contributed by atoms with Crippen molar-refractivity contribution in [3.63, 3.8) is 0 Å². The Balaban J connectivity index is 2.10. The van der Waals surface area contributed by atoms with E-state index < -0.39 is 6.10 Å². The van der Waals surface area contributed by atoms with Crippen LogP contribution in [0.1, 0.15) is 31.9 Å². The molecule has 0 aliphatic rings. The zero-order chi connectivity index (χ0) is 19.1. The zero-order valence-electron chi connectivity index (χ0n) is 15.4. The summed E-state index contributed by atoms with van der Waals surface area (Å²) in [6.45, 7) is 3.79. The molecule has 0 saturated heterocycles. The first-order valence-electron chi connectivity index (χ1n) is 8.43. The van der Waals surface area contributed by atoms with Gasteiger partial charge in [0.1, 0.15) is 17.2 Å². The normalized spacial score (nSPS) is 12.8. The molecule has 2 atom stereocenters. The molecule has 0 aromatic heterocycles. The van der Waals surface area contributed by atoms with Crippen LogP contribution in [0.4, 0.5) is 0 Å². The minimum Gasteiger partial charge on any atom is -0.497 e. The molecule has 5 nitrogen and oxygen atoms in total. The third-order valence-electron chi connectivity index (χ3n) is 4.02. The molecular formula is C20H24ClNO4. The van der Waals surface area contributed by atoms with Crippen LogP contribution in [0.5, 0.6) is 17.2 Å². The van der Waals surface area contributed by atoms with Gasteiger partial charge in [0.15, 0.2) is 6.10 Å². The fourth-order valence-electron chi connectivity index (χ4n) is 2.56. The average molecular weight is 378 g/mol. The number of carbonyl (C=O) groups is 1. The van der Waals surface area contributed by atoms with Crippen LogP contribution >= 0.6 is 11.6 Å². The van der Waals surface area contributed by atoms with Crippen LogP contribution in [0.2, 0.25) is 5.02 Å². The summed E-state index contributed by atoms with van der Waals surface area (Å²) in [6, 6.07) is 12.2. The molecule has 2 rings (SSSR count). The minimum atomic E-state index is -0.602. The van der Waals surface area contributed by atoms with E-state index in [1.807, 2.05) is 32.0 Å². The molecule has 0 heterocycles. The number of hydrogen-bond donors (Lipinski definition) is 1. The molecule has 6 heteroatoms. The smallest absolute Gasteiger partial charge is 0.261 e. The lowest BCUT2D eigenvalue weighted by molar-refractivity contribution is -0.128. The molecule has 1 amide bonds. The first kappa shape index (κ1) is 19.9. The Bertz CT molecular complexity index is 733. The summed E-state index contributed by atoms with van der Waals surface area (Å²) in [5, 5.41) is 3.60. The number of rotatable bonds is 8. The number of ether oxygens (including phenoxy) is 3. The van der Waals surface area contributed by atoms with Gasteiger partial charge in [-0.15, -0.1) is 0 Å². The van der Waals surface area contributed by atoms with Crippen LogP contribution in [-0.4, -0.2) is 26.2 Å². The summed E-state index contributed by atoms with van der Waals surface area (Å²) < 4.78 is 16.4. The van der Waals surface area contributed by atoms with Crippen molar-refractivity contribution in [2.24, 2.45) is 0 Å². The molecule has 0 aliphatic heterocycles. The van der Waals surface area contributed by atoms with Crippen LogP contribution in [0, 0.1) is 0 Å². The van der Waals surface area contributed by atoms with E-state index in [2.05, 4.69) is 5.32 Å². The Kier molecular flexibility index (Phi) is 7.16. The van der Waals surface area contributed by atoms with E-state index >= 15 is 0 Å². The van der Waals surface area contributed by atoms with Gasteiger partial charge in [-0.1, -0.05) is 18.5 Å². The molecule has 0 radical (unpaired) electrons. The second-order valence-electron chi connectivity index (χ2n) is 5.81. The predicted octanol–water partition coefficient (Wildman–Crippen LogP) is 4.39. The number of benzene rings is 2. The first-order valence-corrected chi connectivity index (χ1v) is 8.80. The lowest BCUT2D eigenvalue weighted by Crippen LogP contribution is -2.39. The van der Waals surface area contributed by atoms with Crippen LogP contribution < -0.4 is 19.5 Å². The molecule has 1 N–H and O–H groups in total. The van der Waals surface area contributed by atoms with Crippen molar-refractivity contribution < 1.29 is 19.0 Å². The van der Waals surface area contributed by atoms with Crippen LogP contribution in [0.15, 0.2) is 42.5 Å². The highest BCUT2D eigenvalue weighted by Crippen LogP contribution is 2.29. The summed E-state index contributed by atoms with van der Waals surface area (Å²) in [4.78, 5) is 12.6. The fourth-order valence-corrected chi connectivity index (χ4v) is 2.69. The highest BCUT2D eigenvalue weighted by Gasteiger charge is 2.22. The van der Waals surface area contributed by atoms with Crippen LogP contribution in [0.3, 0.4) is 0 Å². The van der Waals surface area contributed by atoms with Gasteiger partial charge in [-0.25, -0.2) is 0 Å². The van der Waals surface area contributed by atoms with Crippen molar-refractivity contribution in [2.45, 2.75) is 32.4 Å². The van der Waals surface area contributed by atoms with Crippen molar-refractivity contribution in [3.05, 3.63) is 53.1 Å². The van der Waals surface area contributed by atoms with Crippen molar-refractivity contribution in [3.8, 4) is 17.2 Å². The van der Waals surface area contributed by atoms with E-state index in [0.29, 0.717) is 28.7 Å². The molecule has 2 unspecified atom stereocenters. The molecule has 0 fully saturated rings. The number of amides is 1. The second kappa shape index (κ2) is 9.34. The summed E-state index contributed by atoms with van der Waals surface area (Å²) in [6.07, 6.45) is -0.0635. The monoisotopic (exact) mass is 377 g/mol. The Morgan fingerprint density at radius 1 is 1.08 bits per heavy atom. The van der Waals surface area contributed by atoms with E-state index in [4.69, 9.17) is 25.8 Å². The average Bonchev–Trinajstić information content (AvgIpc) is 2.66. The second-order valence-corrected chi connectivity index (χ2v) is 6.24. The fraction of sp³-hybridized carbons (Fsp3) is 0.350. The van der Waals surface area contributed by atoms with E-state index in [-0.39, 0.29) is 11.9 Å². The standard InChI is InChI=1S/C20H24ClNO4/c1-5-18(26-15-8-6-14(21)7-9-15)20(23)22-13(2)17-12-16(24-3)10-11-19(17)25-4/h6-13,18H,5H2,1-4H3,(H,22,23). The molecule has 2 aromatic rings. The summed E-state index contributed by atoms with van der Waals surface area (Å²) >= 11 is 5.88. The third-order valence-corrected chi connectivity index (χ3v) is 4.27. The topological polar surface area (TPSA) is 56.8 Å². The summed E-state index contributed by atoms with van der Waals surface area (Å²) in [5.74, 6) is 1.79. The number of nitrogens with one attached hydrogen (secondary N) is 1. The van der Waals surface area contributed by atoms with Gasteiger partial charge in [0.2, 0.25) is 0 Å². The largest absolute Gasteiger partial charge is 0.497 e. The van der Waals surface area contributed by atoms with Gasteiger partial charge < -0.3 is 19.5 Å². The van der Waals surface area contributed by atoms with Crippen molar-refractivity contribution in [2.75, 3.05) is 14.2 Å². The number of hydrogen-bond acceptors (Lipinski definition) is 4. The van der Waals surface area contributed by atoms with Gasteiger partial charge in [-0.3, -0.25) is 4.79 Å². The molecule has 26 heavy (non-hydrogen) atoms. The van der Waals surface area contributed by atoms with Crippen LogP contribution in [-0.2, 0) is 4.79 Å². The quantitative estimate of drug-likeness (QED) is 0.741. The highest BCUT2D eigenvalue weighted by atomic mass is 35.5. The lowest BCUT2D eigenvalue weighted by Gasteiger charge is -2.22. The van der Waals surface area contributed by atoms with Gasteiger partial charge in [0, 0.05) is 10.6 Å². The number of carbonyl (C=O) groups excluding carboxylic acids is 1. The predicted molar refractivity (Wildman–Crippen MR) is 102 cm³/mol. The SMILES string of the molecule is CCC(Oc1ccc(Cl)cc1)C(=O)NC(C)c1cc(OC)ccc1OC. The van der Waals surface area contributed by atoms with Crippen molar-refractivity contribution in [1.29, 1.82) is 0 Å². The Morgan fingerprint density at radius 2 is 1.73 bits per heavy atom. The molecular weight excluding hydrogens is 354 g/mol. The van der Waals surface area contributed by atoms with E-state index in [1.54, 1.807) is 38.5 Å². The number of methoxy groups -OCH3 is 2. The van der Waals surface area contributed by atoms with Gasteiger partial charge in [0.25, 0.3) is 5.91 Å². The van der Waals surface area contributed by atoms with E-state index in [0.717, 1.165) is 5.56 Å². The van der Waals surface area contributed by atoms with Crippen molar-refractivity contribution >= 4 is 17.5 Å². The maximum atomic E-state index is 12.6. The van der Waals surface area contributed by atoms with Gasteiger partial charge >= 0.3 is 0 Å². The molecule has 0 bridgehead atoms. The van der Waals surface area contributed by atoms with E-state index in [9.17, 15) is 4.79 Å². The highest BCUT2D eigenvalue weighted by molar-refractivity contribution is 6.30. The first-order chi connectivity index (χ1) is 12.5. The van der Waals surface area contributed by atoms with E-state index in [1.165, 1.54) is 0 Å². The Morgan fingerprint density at radius 3 is 2.31 bits per heavy atom. The van der Waals surface area contributed by atoms with Gasteiger partial charge in [-0.2, -0.15) is 0 Å². The molecule has 0 spiro atoms. The van der Waals surface area contributed by atoms with Crippen LogP contribution in [0.25, 0.3) is 0 Å². The maximum absolute atomic E-state index is 12.6. The summed E-state index contributed by atoms with van der Waals surface area (Å²) in [5.41, 5.74) is 0.835.